The molecule has 3 nitrogen and oxygen atoms in total. The number of allylic oxidation sites excluding steroid dienone is 2. The Bertz CT molecular complexity index is 215. The molecule has 0 saturated carbocycles. The third kappa shape index (κ3) is 9.70. The molecule has 120 valence electrons. The van der Waals surface area contributed by atoms with Gasteiger partial charge in [-0.25, -0.2) is 0 Å². The van der Waals surface area contributed by atoms with E-state index in [1.54, 1.807) is 0 Å². The second kappa shape index (κ2) is 13.8. The monoisotopic (exact) mass is 302 g/mol. The highest BCUT2D eigenvalue weighted by atomic mass is 28.4. The molecule has 0 aliphatic heterocycles. The van der Waals surface area contributed by atoms with Gasteiger partial charge in [-0.3, -0.25) is 0 Å². The summed E-state index contributed by atoms with van der Waals surface area (Å²) < 4.78 is 17.6. The molecule has 0 bridgehead atoms. The van der Waals surface area contributed by atoms with Crippen LogP contribution < -0.4 is 0 Å². The average molecular weight is 303 g/mol. The van der Waals surface area contributed by atoms with Crippen molar-refractivity contribution in [2.24, 2.45) is 0 Å². The maximum absolute atomic E-state index is 5.86. The van der Waals surface area contributed by atoms with Gasteiger partial charge in [-0.15, -0.1) is 0 Å². The third-order valence-electron chi connectivity index (χ3n) is 3.18. The smallest absolute Gasteiger partial charge is 0.374 e. The third-order valence-corrected chi connectivity index (χ3v) is 6.33. The summed E-state index contributed by atoms with van der Waals surface area (Å²) in [5.41, 5.74) is 0. The Morgan fingerprint density at radius 3 is 1.75 bits per heavy atom. The molecule has 0 aromatic heterocycles. The van der Waals surface area contributed by atoms with Gasteiger partial charge in [0.25, 0.3) is 0 Å². The van der Waals surface area contributed by atoms with Crippen LogP contribution in [0.4, 0.5) is 0 Å². The summed E-state index contributed by atoms with van der Waals surface area (Å²) in [6, 6.07) is 0.956. The van der Waals surface area contributed by atoms with Crippen LogP contribution in [0.2, 0.25) is 6.04 Å². The predicted octanol–water partition coefficient (Wildman–Crippen LogP) is 4.95. The highest BCUT2D eigenvalue weighted by Crippen LogP contribution is 2.20. The Hall–Kier alpha value is -0.163. The van der Waals surface area contributed by atoms with Crippen LogP contribution in [-0.4, -0.2) is 28.6 Å². The van der Waals surface area contributed by atoms with E-state index in [1.807, 2.05) is 20.8 Å². The summed E-state index contributed by atoms with van der Waals surface area (Å²) in [5.74, 6) is 0. The molecule has 0 aromatic carbocycles. The van der Waals surface area contributed by atoms with Gasteiger partial charge in [0.2, 0.25) is 0 Å². The van der Waals surface area contributed by atoms with E-state index in [9.17, 15) is 0 Å². The standard InChI is InChI=1S/C16H34O3Si/c1-5-9-10-11-12-13-14-15-16-20(17-6-2,18-7-3)19-8-4/h5,9H,6-8,10-16H2,1-4H3. The highest BCUT2D eigenvalue weighted by molar-refractivity contribution is 6.60. The molecule has 0 N–H and O–H groups in total. The molecule has 0 unspecified atom stereocenters. The zero-order chi connectivity index (χ0) is 15.1. The summed E-state index contributed by atoms with van der Waals surface area (Å²) in [7, 11) is -2.39. The molecule has 0 aromatic rings. The number of hydrogen-bond donors (Lipinski definition) is 0. The van der Waals surface area contributed by atoms with Crippen LogP contribution in [0.3, 0.4) is 0 Å². The second-order valence-corrected chi connectivity index (χ2v) is 7.59. The van der Waals surface area contributed by atoms with Crippen LogP contribution in [0.1, 0.15) is 66.2 Å². The summed E-state index contributed by atoms with van der Waals surface area (Å²) in [5, 5.41) is 0. The predicted molar refractivity (Wildman–Crippen MR) is 88.0 cm³/mol. The molecule has 0 fully saturated rings. The Kier molecular flexibility index (Phi) is 13.7. The lowest BCUT2D eigenvalue weighted by Gasteiger charge is -2.28. The fourth-order valence-electron chi connectivity index (χ4n) is 2.30. The fraction of sp³-hybridized carbons (Fsp3) is 0.875. The van der Waals surface area contributed by atoms with E-state index in [4.69, 9.17) is 13.3 Å². The van der Waals surface area contributed by atoms with Gasteiger partial charge < -0.3 is 13.3 Å². The molecule has 0 aliphatic rings. The van der Waals surface area contributed by atoms with Crippen molar-refractivity contribution in [1.29, 1.82) is 0 Å². The van der Waals surface area contributed by atoms with Gasteiger partial charge in [-0.2, -0.15) is 0 Å². The van der Waals surface area contributed by atoms with Gasteiger partial charge in [0.1, 0.15) is 0 Å². The van der Waals surface area contributed by atoms with Crippen molar-refractivity contribution in [3.8, 4) is 0 Å². The van der Waals surface area contributed by atoms with Gasteiger partial charge in [-0.05, 0) is 47.0 Å². The number of unbranched alkanes of at least 4 members (excludes halogenated alkanes) is 5. The SMILES string of the molecule is CC=CCCCCCCC[Si](OCC)(OCC)OCC. The Morgan fingerprint density at radius 2 is 1.25 bits per heavy atom. The van der Waals surface area contributed by atoms with E-state index in [-0.39, 0.29) is 0 Å². The highest BCUT2D eigenvalue weighted by Gasteiger charge is 2.39. The van der Waals surface area contributed by atoms with Crippen LogP contribution in [0.15, 0.2) is 12.2 Å². The first kappa shape index (κ1) is 19.8. The molecule has 0 radical (unpaired) electrons. The van der Waals surface area contributed by atoms with Crippen molar-refractivity contribution in [3.63, 3.8) is 0 Å². The summed E-state index contributed by atoms with van der Waals surface area (Å²) in [6.07, 6.45) is 11.9. The minimum atomic E-state index is -2.39. The topological polar surface area (TPSA) is 27.7 Å². The lowest BCUT2D eigenvalue weighted by Crippen LogP contribution is -2.45. The molecule has 20 heavy (non-hydrogen) atoms. The average Bonchev–Trinajstić information content (AvgIpc) is 2.43. The van der Waals surface area contributed by atoms with Gasteiger partial charge in [0, 0.05) is 25.9 Å². The summed E-state index contributed by atoms with van der Waals surface area (Å²) >= 11 is 0. The van der Waals surface area contributed by atoms with E-state index < -0.39 is 8.80 Å². The minimum Gasteiger partial charge on any atom is -0.374 e. The Morgan fingerprint density at radius 1 is 0.750 bits per heavy atom. The molecule has 0 aliphatic carbocycles. The van der Waals surface area contributed by atoms with Crippen LogP contribution in [0, 0.1) is 0 Å². The van der Waals surface area contributed by atoms with Crippen molar-refractivity contribution in [1.82, 2.24) is 0 Å². The molecular formula is C16H34O3Si. The van der Waals surface area contributed by atoms with Crippen molar-refractivity contribution < 1.29 is 13.3 Å². The first-order valence-corrected chi connectivity index (χ1v) is 10.2. The first-order valence-electron chi connectivity index (χ1n) is 8.27. The first-order chi connectivity index (χ1) is 9.74. The molecule has 0 heterocycles. The Balaban J connectivity index is 3.88. The van der Waals surface area contributed by atoms with Gasteiger partial charge in [0.15, 0.2) is 0 Å². The van der Waals surface area contributed by atoms with Gasteiger partial charge in [0.05, 0.1) is 0 Å². The van der Waals surface area contributed by atoms with Gasteiger partial charge >= 0.3 is 8.80 Å². The van der Waals surface area contributed by atoms with Crippen molar-refractivity contribution >= 4 is 8.80 Å². The molecule has 0 amide bonds. The molecular weight excluding hydrogens is 268 g/mol. The second-order valence-electron chi connectivity index (χ2n) is 4.86. The molecule has 4 heteroatoms. The quantitative estimate of drug-likeness (QED) is 0.258. The van der Waals surface area contributed by atoms with Crippen LogP contribution in [-0.2, 0) is 13.3 Å². The number of hydrogen-bond acceptors (Lipinski definition) is 3. The molecule has 0 rings (SSSR count). The van der Waals surface area contributed by atoms with Gasteiger partial charge in [-0.1, -0.05) is 31.4 Å². The number of rotatable bonds is 14. The lowest BCUT2D eigenvalue weighted by atomic mass is 10.1. The maximum atomic E-state index is 5.86. The Labute approximate surface area is 127 Å². The van der Waals surface area contributed by atoms with Crippen molar-refractivity contribution in [2.75, 3.05) is 19.8 Å². The van der Waals surface area contributed by atoms with E-state index in [2.05, 4.69) is 19.1 Å². The zero-order valence-corrected chi connectivity index (χ0v) is 15.0. The van der Waals surface area contributed by atoms with E-state index in [0.717, 1.165) is 12.5 Å². The van der Waals surface area contributed by atoms with Crippen LogP contribution in [0.25, 0.3) is 0 Å². The normalized spacial score (nSPS) is 12.4. The van der Waals surface area contributed by atoms with Crippen molar-refractivity contribution in [2.45, 2.75) is 72.3 Å². The minimum absolute atomic E-state index is 0.676. The largest absolute Gasteiger partial charge is 0.500 e. The van der Waals surface area contributed by atoms with E-state index >= 15 is 0 Å². The van der Waals surface area contributed by atoms with Crippen LogP contribution >= 0.6 is 0 Å². The molecule has 0 atom stereocenters. The van der Waals surface area contributed by atoms with E-state index in [1.165, 1.54) is 32.1 Å². The molecule has 0 saturated heterocycles. The summed E-state index contributed by atoms with van der Waals surface area (Å²) in [6.45, 7) is 10.2. The summed E-state index contributed by atoms with van der Waals surface area (Å²) in [4.78, 5) is 0. The fourth-order valence-corrected chi connectivity index (χ4v) is 4.99. The maximum Gasteiger partial charge on any atom is 0.500 e. The van der Waals surface area contributed by atoms with Crippen molar-refractivity contribution in [3.05, 3.63) is 12.2 Å². The zero-order valence-electron chi connectivity index (χ0n) is 14.0. The molecule has 0 spiro atoms. The van der Waals surface area contributed by atoms with E-state index in [0.29, 0.717) is 19.8 Å². The van der Waals surface area contributed by atoms with Crippen LogP contribution in [0.5, 0.6) is 0 Å². The lowest BCUT2D eigenvalue weighted by molar-refractivity contribution is 0.0706.